The van der Waals surface area contributed by atoms with Crippen LogP contribution in [-0.2, 0) is 16.4 Å². The number of nitrogens with one attached hydrogen (secondary N) is 1. The molecule has 2 aromatic rings. The number of urea groups is 1. The van der Waals surface area contributed by atoms with Gasteiger partial charge in [-0.3, -0.25) is 0 Å². The van der Waals surface area contributed by atoms with Crippen molar-refractivity contribution in [3.05, 3.63) is 52.2 Å². The van der Waals surface area contributed by atoms with Crippen molar-refractivity contribution >= 4 is 32.9 Å². The van der Waals surface area contributed by atoms with Crippen molar-refractivity contribution in [2.24, 2.45) is 0 Å². The maximum atomic E-state index is 12.8. The van der Waals surface area contributed by atoms with Crippen LogP contribution < -0.4 is 5.32 Å². The Hall–Kier alpha value is -1.86. The average Bonchev–Trinajstić information content (AvgIpc) is 3.11. The maximum absolute atomic E-state index is 12.8. The topological polar surface area (TPSA) is 66.5 Å². The third-order valence-electron chi connectivity index (χ3n) is 4.22. The first-order valence-electron chi connectivity index (χ1n) is 7.81. The minimum atomic E-state index is -3.05. The lowest BCUT2D eigenvalue weighted by molar-refractivity contribution is 0.191. The van der Waals surface area contributed by atoms with E-state index in [0.717, 1.165) is 10.4 Å². The smallest absolute Gasteiger partial charge is 0.315 e. The van der Waals surface area contributed by atoms with Gasteiger partial charge in [0, 0.05) is 16.6 Å². The fourth-order valence-corrected chi connectivity index (χ4v) is 5.46. The highest BCUT2D eigenvalue weighted by Gasteiger charge is 2.35. The molecule has 0 radical (unpaired) electrons. The first kappa shape index (κ1) is 17.0. The number of nitrogens with zero attached hydrogens (tertiary/aromatic N) is 1. The monoisotopic (exact) mass is 364 g/mol. The molecule has 128 valence electrons. The molecule has 1 aromatic carbocycles. The Balaban J connectivity index is 1.81. The average molecular weight is 364 g/mol. The van der Waals surface area contributed by atoms with E-state index in [1.807, 2.05) is 48.7 Å². The Labute approximate surface area is 146 Å². The summed E-state index contributed by atoms with van der Waals surface area (Å²) in [6.45, 7) is 2.44. The molecule has 2 amide bonds. The number of benzene rings is 1. The van der Waals surface area contributed by atoms with E-state index in [-0.39, 0.29) is 23.6 Å². The van der Waals surface area contributed by atoms with Crippen LogP contribution in [0.2, 0.25) is 0 Å². The molecule has 1 saturated heterocycles. The van der Waals surface area contributed by atoms with Gasteiger partial charge in [0.15, 0.2) is 9.84 Å². The van der Waals surface area contributed by atoms with Crippen LogP contribution in [0.25, 0.3) is 0 Å². The minimum Gasteiger partial charge on any atom is -0.315 e. The second-order valence-corrected chi connectivity index (χ2v) is 9.24. The molecule has 0 unspecified atom stereocenters. The van der Waals surface area contributed by atoms with E-state index in [1.165, 1.54) is 0 Å². The van der Waals surface area contributed by atoms with Gasteiger partial charge in [-0.25, -0.2) is 13.2 Å². The number of hydrogen-bond acceptors (Lipinski definition) is 4. The minimum absolute atomic E-state index is 0.0413. The normalized spacial score (nSPS) is 19.1. The zero-order chi connectivity index (χ0) is 17.2. The predicted octanol–water partition coefficient (Wildman–Crippen LogP) is 3.28. The molecule has 7 heteroatoms. The van der Waals surface area contributed by atoms with Crippen molar-refractivity contribution in [2.75, 3.05) is 16.8 Å². The van der Waals surface area contributed by atoms with Crippen LogP contribution in [0.15, 0.2) is 41.8 Å². The van der Waals surface area contributed by atoms with Gasteiger partial charge < -0.3 is 10.2 Å². The number of carbonyl (C=O) groups excluding carboxylic acids is 1. The maximum Gasteiger partial charge on any atom is 0.322 e. The summed E-state index contributed by atoms with van der Waals surface area (Å²) in [4.78, 5) is 15.5. The van der Waals surface area contributed by atoms with E-state index in [0.29, 0.717) is 18.7 Å². The number of hydrogen-bond donors (Lipinski definition) is 1. The zero-order valence-corrected chi connectivity index (χ0v) is 15.1. The molecule has 0 saturated carbocycles. The number of para-hydroxylation sites is 1. The third-order valence-corrected chi connectivity index (χ3v) is 6.98. The Morgan fingerprint density at radius 2 is 2.04 bits per heavy atom. The number of aryl methyl sites for hydroxylation is 1. The molecule has 1 aliphatic rings. The highest BCUT2D eigenvalue weighted by molar-refractivity contribution is 7.91. The zero-order valence-electron chi connectivity index (χ0n) is 13.4. The summed E-state index contributed by atoms with van der Waals surface area (Å²) in [6, 6.07) is 10.7. The Morgan fingerprint density at radius 3 is 2.62 bits per heavy atom. The van der Waals surface area contributed by atoms with Gasteiger partial charge in [0.25, 0.3) is 0 Å². The molecule has 0 bridgehead atoms. The molecule has 1 atom stereocenters. The standard InChI is InChI=1S/C17H20N2O3S2/c1-13-7-9-23-16(13)11-19(15-8-10-24(21,22)12-15)17(20)18-14-5-3-2-4-6-14/h2-7,9,15H,8,10-12H2,1H3,(H,18,20)/t15-/m1/s1. The van der Waals surface area contributed by atoms with Crippen molar-refractivity contribution in [1.82, 2.24) is 4.90 Å². The number of carbonyl (C=O) groups is 1. The fourth-order valence-electron chi connectivity index (χ4n) is 2.83. The van der Waals surface area contributed by atoms with Crippen LogP contribution >= 0.6 is 11.3 Å². The SMILES string of the molecule is Cc1ccsc1CN(C(=O)Nc1ccccc1)[C@@H]1CCS(=O)(=O)C1. The summed E-state index contributed by atoms with van der Waals surface area (Å²) in [6.07, 6.45) is 0.495. The number of thiophene rings is 1. The summed E-state index contributed by atoms with van der Waals surface area (Å²) in [5, 5.41) is 4.86. The largest absolute Gasteiger partial charge is 0.322 e. The van der Waals surface area contributed by atoms with Gasteiger partial charge in [0.05, 0.1) is 18.1 Å². The molecular weight excluding hydrogens is 344 g/mol. The molecule has 3 rings (SSSR count). The van der Waals surface area contributed by atoms with E-state index in [1.54, 1.807) is 16.2 Å². The second-order valence-electron chi connectivity index (χ2n) is 6.01. The van der Waals surface area contributed by atoms with Gasteiger partial charge in [0.2, 0.25) is 0 Å². The highest BCUT2D eigenvalue weighted by Crippen LogP contribution is 2.24. The van der Waals surface area contributed by atoms with Crippen molar-refractivity contribution in [3.63, 3.8) is 0 Å². The lowest BCUT2D eigenvalue weighted by Gasteiger charge is -2.28. The predicted molar refractivity (Wildman–Crippen MR) is 97.1 cm³/mol. The van der Waals surface area contributed by atoms with Crippen molar-refractivity contribution in [3.8, 4) is 0 Å². The molecule has 0 spiro atoms. The van der Waals surface area contributed by atoms with Crippen LogP contribution in [-0.4, -0.2) is 36.9 Å². The Bertz CT molecular complexity index is 815. The Kier molecular flexibility index (Phi) is 4.91. The molecule has 1 fully saturated rings. The number of amides is 2. The molecule has 5 nitrogen and oxygen atoms in total. The Morgan fingerprint density at radius 1 is 1.29 bits per heavy atom. The van der Waals surface area contributed by atoms with Gasteiger partial charge >= 0.3 is 6.03 Å². The molecule has 24 heavy (non-hydrogen) atoms. The first-order chi connectivity index (χ1) is 11.4. The summed E-state index contributed by atoms with van der Waals surface area (Å²) in [5.74, 6) is 0.190. The third kappa shape index (κ3) is 3.96. The van der Waals surface area contributed by atoms with Crippen molar-refractivity contribution in [2.45, 2.75) is 25.9 Å². The van der Waals surface area contributed by atoms with E-state index >= 15 is 0 Å². The van der Waals surface area contributed by atoms with E-state index in [9.17, 15) is 13.2 Å². The molecular formula is C17H20N2O3S2. The van der Waals surface area contributed by atoms with Crippen molar-refractivity contribution < 1.29 is 13.2 Å². The van der Waals surface area contributed by atoms with Crippen LogP contribution in [0.5, 0.6) is 0 Å². The number of sulfone groups is 1. The second kappa shape index (κ2) is 6.94. The fraction of sp³-hybridized carbons (Fsp3) is 0.353. The summed E-state index contributed by atoms with van der Waals surface area (Å²) >= 11 is 1.59. The molecule has 0 aliphatic carbocycles. The van der Waals surface area contributed by atoms with Gasteiger partial charge in [0.1, 0.15) is 0 Å². The van der Waals surface area contributed by atoms with Crippen LogP contribution in [0.4, 0.5) is 10.5 Å². The van der Waals surface area contributed by atoms with E-state index in [4.69, 9.17) is 0 Å². The summed E-state index contributed by atoms with van der Waals surface area (Å²) in [7, 11) is -3.05. The number of anilines is 1. The van der Waals surface area contributed by atoms with E-state index < -0.39 is 9.84 Å². The van der Waals surface area contributed by atoms with Crippen molar-refractivity contribution in [1.29, 1.82) is 0 Å². The number of rotatable bonds is 4. The van der Waals surface area contributed by atoms with Gasteiger partial charge in [-0.05, 0) is 42.5 Å². The first-order valence-corrected chi connectivity index (χ1v) is 10.5. The van der Waals surface area contributed by atoms with Crippen LogP contribution in [0.1, 0.15) is 16.9 Å². The molecule has 1 aromatic heterocycles. The molecule has 2 heterocycles. The van der Waals surface area contributed by atoms with Crippen LogP contribution in [0, 0.1) is 6.92 Å². The highest BCUT2D eigenvalue weighted by atomic mass is 32.2. The summed E-state index contributed by atoms with van der Waals surface area (Å²) < 4.78 is 23.7. The molecule has 1 aliphatic heterocycles. The molecule has 1 N–H and O–H groups in total. The van der Waals surface area contributed by atoms with Gasteiger partial charge in [-0.2, -0.15) is 0 Å². The van der Waals surface area contributed by atoms with E-state index in [2.05, 4.69) is 5.32 Å². The quantitative estimate of drug-likeness (QED) is 0.905. The van der Waals surface area contributed by atoms with Gasteiger partial charge in [-0.15, -0.1) is 11.3 Å². The lowest BCUT2D eigenvalue weighted by atomic mass is 10.2. The van der Waals surface area contributed by atoms with Crippen LogP contribution in [0.3, 0.4) is 0 Å². The lowest BCUT2D eigenvalue weighted by Crippen LogP contribution is -2.43. The van der Waals surface area contributed by atoms with Gasteiger partial charge in [-0.1, -0.05) is 18.2 Å². The summed E-state index contributed by atoms with van der Waals surface area (Å²) in [5.41, 5.74) is 1.83.